The van der Waals surface area contributed by atoms with Gasteiger partial charge >= 0.3 is 12.2 Å². The number of rotatable bonds is 10. The molecule has 4 aromatic carbocycles. The van der Waals surface area contributed by atoms with E-state index in [0.717, 1.165) is 46.6 Å². The first-order chi connectivity index (χ1) is 30.8. The number of aromatic nitrogens is 4. The molecule has 332 valence electrons. The second kappa shape index (κ2) is 17.1. The molecule has 2 saturated heterocycles. The second-order valence-corrected chi connectivity index (χ2v) is 17.9. The maximum absolute atomic E-state index is 16.2. The van der Waals surface area contributed by atoms with E-state index >= 15 is 4.39 Å². The average Bonchev–Trinajstić information content (AvgIpc) is 4.16. The number of piperidine rings is 1. The zero-order chi connectivity index (χ0) is 45.0. The lowest BCUT2D eigenvalue weighted by molar-refractivity contribution is -0.138. The van der Waals surface area contributed by atoms with Gasteiger partial charge in [0.05, 0.1) is 49.2 Å². The molecule has 0 spiro atoms. The van der Waals surface area contributed by atoms with E-state index in [4.69, 9.17) is 19.4 Å². The standard InChI is InChI=1S/C49H53FN8O6/c1-25(2)40(55-48(61)63-5)46(59)57-27(4)26(3)20-39(57)44-52-37-19-15-31-21-29(13-17-34(31)42(37)54-44)30-14-18-35(36(50)23-30)38-24-51-45(53-38)43-32-12-16-33(22-32)58(43)47(60)41(56-49(62)64-6)28-10-8-7-9-11-28/h7-11,13-15,17-19,21,23-27,32-33,39-41,43H,12,16,20,22H2,1-6H3,(H,51,53)(H,52,54)(H,55,61)(H,56,62)/t26-,27-,32+,33-,39+,40+,41-,43+/m1/s1. The lowest BCUT2D eigenvalue weighted by Crippen LogP contribution is -2.53. The Kier molecular flexibility index (Phi) is 11.3. The lowest BCUT2D eigenvalue weighted by atomic mass is 9.96. The summed E-state index contributed by atoms with van der Waals surface area (Å²) in [6.07, 6.45) is 3.60. The van der Waals surface area contributed by atoms with Crippen molar-refractivity contribution >= 4 is 45.8 Å². The Morgan fingerprint density at radius 2 is 1.55 bits per heavy atom. The number of ether oxygens (including phenoxy) is 2. The zero-order valence-corrected chi connectivity index (χ0v) is 36.7. The number of likely N-dealkylation sites (tertiary alicyclic amines) is 2. The minimum absolute atomic E-state index is 0.00679. The van der Waals surface area contributed by atoms with E-state index in [2.05, 4.69) is 27.5 Å². The van der Waals surface area contributed by atoms with Gasteiger partial charge in [0.25, 0.3) is 5.91 Å². The number of nitrogens with one attached hydrogen (secondary N) is 4. The number of methoxy groups -OCH3 is 2. The van der Waals surface area contributed by atoms with Crippen molar-refractivity contribution < 1.29 is 33.0 Å². The molecule has 2 bridgehead atoms. The molecule has 4 amide bonds. The van der Waals surface area contributed by atoms with Gasteiger partial charge in [-0.2, -0.15) is 0 Å². The van der Waals surface area contributed by atoms with Crippen LogP contribution in [0.1, 0.15) is 88.7 Å². The number of imidazole rings is 2. The first kappa shape index (κ1) is 42.5. The molecule has 3 fully saturated rings. The summed E-state index contributed by atoms with van der Waals surface area (Å²) in [7, 11) is 2.55. The number of benzene rings is 4. The SMILES string of the molecule is COC(=O)N[C@H](C(=O)N1[C@H](C)[C@H](C)C[C@H]1c1nc2c(ccc3cc(-c4ccc(-c5cnc([C@@H]6[C@H]7CC[C@H](C7)N6C(=O)[C@H](NC(=O)OC)c6ccccc6)[nH]5)c(F)c4)ccc32)[nH]1)C(C)C. The van der Waals surface area contributed by atoms with E-state index in [1.54, 1.807) is 24.4 Å². The zero-order valence-electron chi connectivity index (χ0n) is 36.7. The third-order valence-corrected chi connectivity index (χ3v) is 13.8. The highest BCUT2D eigenvalue weighted by Crippen LogP contribution is 2.51. The van der Waals surface area contributed by atoms with Gasteiger partial charge in [0.15, 0.2) is 0 Å². The topological polar surface area (TPSA) is 175 Å². The summed E-state index contributed by atoms with van der Waals surface area (Å²) in [5.41, 5.74) is 4.64. The first-order valence-corrected chi connectivity index (χ1v) is 22.0. The number of alkyl carbamates (subject to hydrolysis) is 2. The third kappa shape index (κ3) is 7.60. The Labute approximate surface area is 370 Å². The number of carbonyl (C=O) groups excluding carboxylic acids is 4. The molecule has 3 aliphatic rings. The van der Waals surface area contributed by atoms with Gasteiger partial charge < -0.3 is 39.9 Å². The van der Waals surface area contributed by atoms with Crippen molar-refractivity contribution in [2.24, 2.45) is 17.8 Å². The summed E-state index contributed by atoms with van der Waals surface area (Å²) in [6, 6.07) is 21.8. The number of carbonyl (C=O) groups is 4. The summed E-state index contributed by atoms with van der Waals surface area (Å²) in [6.45, 7) is 7.95. The maximum atomic E-state index is 16.2. The maximum Gasteiger partial charge on any atom is 0.407 e. The van der Waals surface area contributed by atoms with Gasteiger partial charge in [0.2, 0.25) is 5.91 Å². The molecule has 4 heterocycles. The predicted octanol–water partition coefficient (Wildman–Crippen LogP) is 8.74. The monoisotopic (exact) mass is 868 g/mol. The summed E-state index contributed by atoms with van der Waals surface area (Å²) >= 11 is 0. The van der Waals surface area contributed by atoms with Crippen LogP contribution in [0.5, 0.6) is 0 Å². The highest BCUT2D eigenvalue weighted by Gasteiger charge is 2.51. The van der Waals surface area contributed by atoms with Crippen LogP contribution in [0.3, 0.4) is 0 Å². The molecule has 2 aliphatic heterocycles. The summed E-state index contributed by atoms with van der Waals surface area (Å²) < 4.78 is 25.9. The number of halogens is 1. The van der Waals surface area contributed by atoms with Crippen molar-refractivity contribution in [2.45, 2.75) is 89.6 Å². The van der Waals surface area contributed by atoms with Gasteiger partial charge in [0, 0.05) is 23.0 Å². The number of hydrogen-bond acceptors (Lipinski definition) is 8. The molecule has 2 aromatic heterocycles. The van der Waals surface area contributed by atoms with E-state index in [-0.39, 0.29) is 53.7 Å². The third-order valence-electron chi connectivity index (χ3n) is 13.8. The quantitative estimate of drug-likeness (QED) is 0.106. The Bertz CT molecular complexity index is 2750. The fourth-order valence-electron chi connectivity index (χ4n) is 10.3. The van der Waals surface area contributed by atoms with Crippen LogP contribution in [0.25, 0.3) is 44.2 Å². The first-order valence-electron chi connectivity index (χ1n) is 22.0. The molecule has 8 atom stereocenters. The largest absolute Gasteiger partial charge is 0.453 e. The Morgan fingerprint density at radius 3 is 2.28 bits per heavy atom. The normalized spacial score (nSPS) is 22.6. The van der Waals surface area contributed by atoms with Crippen LogP contribution in [-0.2, 0) is 19.1 Å². The summed E-state index contributed by atoms with van der Waals surface area (Å²) in [5, 5.41) is 7.31. The van der Waals surface area contributed by atoms with Crippen LogP contribution in [0.2, 0.25) is 0 Å². The highest BCUT2D eigenvalue weighted by molar-refractivity contribution is 6.05. The molecule has 14 nitrogen and oxygen atoms in total. The van der Waals surface area contributed by atoms with Crippen molar-refractivity contribution in [3.8, 4) is 22.4 Å². The fraction of sp³-hybridized carbons (Fsp3) is 0.388. The molecule has 9 rings (SSSR count). The number of fused-ring (bicyclic) bond motifs is 5. The number of hydrogen-bond donors (Lipinski definition) is 4. The fourth-order valence-corrected chi connectivity index (χ4v) is 10.3. The van der Waals surface area contributed by atoms with E-state index in [1.165, 1.54) is 20.3 Å². The second-order valence-electron chi connectivity index (χ2n) is 17.9. The van der Waals surface area contributed by atoms with Crippen molar-refractivity contribution in [1.82, 2.24) is 40.4 Å². The number of aromatic amines is 2. The minimum Gasteiger partial charge on any atom is -0.453 e. The molecule has 64 heavy (non-hydrogen) atoms. The van der Waals surface area contributed by atoms with Gasteiger partial charge in [-0.05, 0) is 96.7 Å². The molecule has 1 saturated carbocycles. The van der Waals surface area contributed by atoms with E-state index in [9.17, 15) is 19.2 Å². The molecule has 4 N–H and O–H groups in total. The molecular weight excluding hydrogens is 816 g/mol. The summed E-state index contributed by atoms with van der Waals surface area (Å²) in [5.74, 6) is 0.641. The van der Waals surface area contributed by atoms with Crippen LogP contribution in [0.15, 0.2) is 85.1 Å². The van der Waals surface area contributed by atoms with Crippen LogP contribution in [-0.4, -0.2) is 86.1 Å². The number of amides is 4. The minimum atomic E-state index is -0.942. The molecule has 15 heteroatoms. The van der Waals surface area contributed by atoms with Crippen molar-refractivity contribution in [3.05, 3.63) is 108 Å². The number of H-pyrrole nitrogens is 2. The molecule has 6 aromatic rings. The Morgan fingerprint density at radius 1 is 0.812 bits per heavy atom. The Hall–Kier alpha value is -6.77. The molecule has 1 aliphatic carbocycles. The lowest BCUT2D eigenvalue weighted by Gasteiger charge is -2.36. The molecule has 0 radical (unpaired) electrons. The van der Waals surface area contributed by atoms with Gasteiger partial charge in [0.1, 0.15) is 29.5 Å². The molecular formula is C49H53FN8O6. The van der Waals surface area contributed by atoms with E-state index in [1.807, 2.05) is 85.2 Å². The van der Waals surface area contributed by atoms with Crippen LogP contribution < -0.4 is 10.6 Å². The van der Waals surface area contributed by atoms with Crippen molar-refractivity contribution in [1.29, 1.82) is 0 Å². The van der Waals surface area contributed by atoms with Gasteiger partial charge in [-0.3, -0.25) is 9.59 Å². The van der Waals surface area contributed by atoms with Gasteiger partial charge in [-0.15, -0.1) is 0 Å². The smallest absolute Gasteiger partial charge is 0.407 e. The van der Waals surface area contributed by atoms with Crippen molar-refractivity contribution in [2.75, 3.05) is 14.2 Å². The predicted molar refractivity (Wildman–Crippen MR) is 239 cm³/mol. The van der Waals surface area contributed by atoms with Crippen LogP contribution >= 0.6 is 0 Å². The van der Waals surface area contributed by atoms with Gasteiger partial charge in [-0.1, -0.05) is 75.4 Å². The van der Waals surface area contributed by atoms with E-state index < -0.39 is 30.1 Å². The summed E-state index contributed by atoms with van der Waals surface area (Å²) in [4.78, 5) is 73.3. The highest BCUT2D eigenvalue weighted by atomic mass is 19.1. The van der Waals surface area contributed by atoms with Crippen molar-refractivity contribution in [3.63, 3.8) is 0 Å². The van der Waals surface area contributed by atoms with Gasteiger partial charge in [-0.25, -0.2) is 23.9 Å². The van der Waals surface area contributed by atoms with Crippen LogP contribution in [0.4, 0.5) is 14.0 Å². The average molecular weight is 869 g/mol. The Balaban J connectivity index is 0.959. The van der Waals surface area contributed by atoms with E-state index in [0.29, 0.717) is 40.5 Å². The van der Waals surface area contributed by atoms with Crippen LogP contribution in [0, 0.1) is 23.6 Å². The number of nitrogens with zero attached hydrogens (tertiary/aromatic N) is 4. The molecule has 0 unspecified atom stereocenters.